The van der Waals surface area contributed by atoms with E-state index in [-0.39, 0.29) is 36.9 Å². The topological polar surface area (TPSA) is 128 Å². The number of aromatic nitrogens is 4. The van der Waals surface area contributed by atoms with Crippen LogP contribution in [0.3, 0.4) is 0 Å². The van der Waals surface area contributed by atoms with Gasteiger partial charge in [0.25, 0.3) is 17.0 Å². The summed E-state index contributed by atoms with van der Waals surface area (Å²) in [6, 6.07) is 2.88. The van der Waals surface area contributed by atoms with E-state index in [1.54, 1.807) is 0 Å². The largest absolute Gasteiger partial charge is 0.376 e. The molecule has 0 aromatic carbocycles. The molecule has 3 rings (SSSR count). The molecular formula is C16H19N5O5. The molecule has 10 heteroatoms. The van der Waals surface area contributed by atoms with E-state index in [0.717, 1.165) is 23.6 Å². The van der Waals surface area contributed by atoms with Crippen LogP contribution in [0.25, 0.3) is 0 Å². The SMILES string of the molecule is O=C(NCCn1ncccc1=O)c1c[nH]c(=O)n(CC2CCCO2)c1=O. The fraction of sp³-hybridized carbons (Fsp3) is 0.438. The fourth-order valence-electron chi connectivity index (χ4n) is 2.76. The summed E-state index contributed by atoms with van der Waals surface area (Å²) in [5, 5.41) is 6.42. The first-order chi connectivity index (χ1) is 12.6. The Labute approximate surface area is 147 Å². The zero-order valence-electron chi connectivity index (χ0n) is 14.0. The summed E-state index contributed by atoms with van der Waals surface area (Å²) >= 11 is 0. The lowest BCUT2D eigenvalue weighted by Crippen LogP contribution is -2.43. The van der Waals surface area contributed by atoms with Crippen LogP contribution in [0.15, 0.2) is 38.9 Å². The van der Waals surface area contributed by atoms with Crippen LogP contribution in [0.5, 0.6) is 0 Å². The van der Waals surface area contributed by atoms with Gasteiger partial charge in [-0.1, -0.05) is 0 Å². The lowest BCUT2D eigenvalue weighted by atomic mass is 10.2. The van der Waals surface area contributed by atoms with E-state index in [2.05, 4.69) is 15.4 Å². The average molecular weight is 361 g/mol. The van der Waals surface area contributed by atoms with Crippen LogP contribution >= 0.6 is 0 Å². The molecule has 1 fully saturated rings. The summed E-state index contributed by atoms with van der Waals surface area (Å²) in [6.45, 7) is 0.988. The summed E-state index contributed by atoms with van der Waals surface area (Å²) < 4.78 is 7.62. The van der Waals surface area contributed by atoms with E-state index in [1.165, 1.54) is 23.0 Å². The Bertz CT molecular complexity index is 954. The lowest BCUT2D eigenvalue weighted by Gasteiger charge is -2.12. The summed E-state index contributed by atoms with van der Waals surface area (Å²) in [7, 11) is 0. The van der Waals surface area contributed by atoms with Crippen LogP contribution in [-0.4, -0.2) is 44.5 Å². The Balaban J connectivity index is 1.69. The predicted molar refractivity (Wildman–Crippen MR) is 91.1 cm³/mol. The van der Waals surface area contributed by atoms with Crippen molar-refractivity contribution in [3.8, 4) is 0 Å². The Hall–Kier alpha value is -3.01. The van der Waals surface area contributed by atoms with Gasteiger partial charge in [0.15, 0.2) is 0 Å². The van der Waals surface area contributed by atoms with Gasteiger partial charge in [0.1, 0.15) is 5.56 Å². The summed E-state index contributed by atoms with van der Waals surface area (Å²) in [5.41, 5.74) is -1.71. The quantitative estimate of drug-likeness (QED) is 0.658. The minimum absolute atomic E-state index is 0.110. The minimum Gasteiger partial charge on any atom is -0.376 e. The van der Waals surface area contributed by atoms with Crippen LogP contribution in [0, 0.1) is 0 Å². The number of nitrogens with one attached hydrogen (secondary N) is 2. The van der Waals surface area contributed by atoms with Gasteiger partial charge in [0.05, 0.1) is 19.2 Å². The van der Waals surface area contributed by atoms with E-state index in [0.29, 0.717) is 6.61 Å². The first-order valence-corrected chi connectivity index (χ1v) is 8.31. The van der Waals surface area contributed by atoms with E-state index in [9.17, 15) is 19.2 Å². The molecule has 2 N–H and O–H groups in total. The van der Waals surface area contributed by atoms with Crippen LogP contribution < -0.4 is 22.1 Å². The van der Waals surface area contributed by atoms with Gasteiger partial charge in [0, 0.05) is 31.6 Å². The second-order valence-electron chi connectivity index (χ2n) is 5.90. The van der Waals surface area contributed by atoms with Gasteiger partial charge in [-0.05, 0) is 18.9 Å². The van der Waals surface area contributed by atoms with Gasteiger partial charge in [0.2, 0.25) is 0 Å². The number of H-pyrrole nitrogens is 1. The number of hydrogen-bond donors (Lipinski definition) is 2. The maximum Gasteiger partial charge on any atom is 0.328 e. The van der Waals surface area contributed by atoms with Crippen molar-refractivity contribution in [1.82, 2.24) is 24.6 Å². The van der Waals surface area contributed by atoms with Crippen LogP contribution in [0.4, 0.5) is 0 Å². The monoisotopic (exact) mass is 361 g/mol. The summed E-state index contributed by atoms with van der Waals surface area (Å²) in [6.07, 6.45) is 4.00. The molecule has 3 heterocycles. The van der Waals surface area contributed by atoms with Gasteiger partial charge < -0.3 is 15.0 Å². The molecule has 0 aliphatic carbocycles. The highest BCUT2D eigenvalue weighted by atomic mass is 16.5. The van der Waals surface area contributed by atoms with Crippen LogP contribution in [-0.2, 0) is 17.8 Å². The van der Waals surface area contributed by atoms with Crippen molar-refractivity contribution < 1.29 is 9.53 Å². The smallest absolute Gasteiger partial charge is 0.328 e. The third-order valence-electron chi connectivity index (χ3n) is 4.11. The standard InChI is InChI=1S/C16H19N5O5/c22-13-4-1-5-19-21(13)7-6-17-14(23)12-9-18-16(25)20(15(12)24)10-11-3-2-8-26-11/h1,4-5,9,11H,2-3,6-8,10H2,(H,17,23)(H,18,25). The summed E-state index contributed by atoms with van der Waals surface area (Å²) in [5.74, 6) is -0.628. The second-order valence-corrected chi connectivity index (χ2v) is 5.90. The normalized spacial score (nSPS) is 16.5. The van der Waals surface area contributed by atoms with E-state index >= 15 is 0 Å². The second kappa shape index (κ2) is 7.91. The molecule has 1 atom stereocenters. The van der Waals surface area contributed by atoms with Crippen molar-refractivity contribution in [3.63, 3.8) is 0 Å². The van der Waals surface area contributed by atoms with Gasteiger partial charge in [-0.25, -0.2) is 9.48 Å². The Kier molecular flexibility index (Phi) is 5.42. The van der Waals surface area contributed by atoms with Crippen molar-refractivity contribution in [2.24, 2.45) is 0 Å². The van der Waals surface area contributed by atoms with Crippen LogP contribution in [0.1, 0.15) is 23.2 Å². The highest BCUT2D eigenvalue weighted by molar-refractivity contribution is 5.93. The molecule has 1 aliphatic heterocycles. The van der Waals surface area contributed by atoms with Gasteiger partial charge in [-0.15, -0.1) is 0 Å². The van der Waals surface area contributed by atoms with Crippen molar-refractivity contribution in [1.29, 1.82) is 0 Å². The molecular weight excluding hydrogens is 342 g/mol. The van der Waals surface area contributed by atoms with Gasteiger partial charge >= 0.3 is 5.69 Å². The zero-order valence-corrected chi connectivity index (χ0v) is 14.0. The molecule has 10 nitrogen and oxygen atoms in total. The van der Waals surface area contributed by atoms with E-state index in [4.69, 9.17) is 4.74 Å². The molecule has 1 saturated heterocycles. The third kappa shape index (κ3) is 3.97. The molecule has 26 heavy (non-hydrogen) atoms. The van der Waals surface area contributed by atoms with E-state index in [1.807, 2.05) is 0 Å². The van der Waals surface area contributed by atoms with E-state index < -0.39 is 17.2 Å². The number of hydrogen-bond acceptors (Lipinski definition) is 6. The number of nitrogens with zero attached hydrogens (tertiary/aromatic N) is 3. The van der Waals surface area contributed by atoms with Crippen LogP contribution in [0.2, 0.25) is 0 Å². The minimum atomic E-state index is -0.670. The van der Waals surface area contributed by atoms with Gasteiger partial charge in [-0.2, -0.15) is 5.10 Å². The Morgan fingerprint density at radius 2 is 2.23 bits per heavy atom. The first kappa shape index (κ1) is 17.8. The molecule has 0 spiro atoms. The highest BCUT2D eigenvalue weighted by Gasteiger charge is 2.20. The number of carbonyl (C=O) groups excluding carboxylic acids is 1. The average Bonchev–Trinajstić information content (AvgIpc) is 3.13. The fourth-order valence-corrected chi connectivity index (χ4v) is 2.76. The molecule has 0 bridgehead atoms. The maximum absolute atomic E-state index is 12.5. The zero-order chi connectivity index (χ0) is 18.5. The number of rotatable bonds is 6. The molecule has 1 unspecified atom stereocenters. The number of aromatic amines is 1. The third-order valence-corrected chi connectivity index (χ3v) is 4.11. The Morgan fingerprint density at radius 3 is 2.96 bits per heavy atom. The van der Waals surface area contributed by atoms with Crippen molar-refractivity contribution in [2.75, 3.05) is 13.2 Å². The van der Waals surface area contributed by atoms with Crippen molar-refractivity contribution in [3.05, 3.63) is 61.3 Å². The lowest BCUT2D eigenvalue weighted by molar-refractivity contribution is 0.0922. The predicted octanol–water partition coefficient (Wildman–Crippen LogP) is -1.30. The number of ether oxygens (including phenoxy) is 1. The van der Waals surface area contributed by atoms with Crippen molar-refractivity contribution in [2.45, 2.75) is 32.0 Å². The first-order valence-electron chi connectivity index (χ1n) is 8.31. The highest BCUT2D eigenvalue weighted by Crippen LogP contribution is 2.12. The molecule has 2 aromatic rings. The maximum atomic E-state index is 12.5. The number of carbonyl (C=O) groups is 1. The van der Waals surface area contributed by atoms with Gasteiger partial charge in [-0.3, -0.25) is 19.0 Å². The number of amides is 1. The molecule has 1 amide bonds. The molecule has 1 aliphatic rings. The molecule has 2 aromatic heterocycles. The van der Waals surface area contributed by atoms with Crippen molar-refractivity contribution >= 4 is 5.91 Å². The molecule has 138 valence electrons. The molecule has 0 radical (unpaired) electrons. The molecule has 0 saturated carbocycles. The Morgan fingerprint density at radius 1 is 1.38 bits per heavy atom. The summed E-state index contributed by atoms with van der Waals surface area (Å²) in [4.78, 5) is 50.6.